The van der Waals surface area contributed by atoms with E-state index in [1.807, 2.05) is 42.6 Å². The molecule has 3 aromatic rings. The van der Waals surface area contributed by atoms with Crippen LogP contribution < -0.4 is 0 Å². The lowest BCUT2D eigenvalue weighted by Gasteiger charge is -2.34. The molecule has 2 unspecified atom stereocenters. The second kappa shape index (κ2) is 13.8. The molecule has 2 aliphatic heterocycles. The van der Waals surface area contributed by atoms with Crippen molar-refractivity contribution >= 4 is 56.3 Å². The minimum atomic E-state index is -3.71. The van der Waals surface area contributed by atoms with E-state index in [0.717, 1.165) is 12.1 Å². The van der Waals surface area contributed by atoms with Crippen LogP contribution in [-0.2, 0) is 19.6 Å². The molecule has 0 spiro atoms. The number of amides is 1. The first-order valence-corrected chi connectivity index (χ1v) is 17.4. The van der Waals surface area contributed by atoms with Crippen molar-refractivity contribution in [3.63, 3.8) is 0 Å². The number of para-hydroxylation sites is 1. The number of hydrogen-bond acceptors (Lipinski definition) is 7. The molecule has 2 fully saturated rings. The zero-order valence-electron chi connectivity index (χ0n) is 24.8. The van der Waals surface area contributed by atoms with E-state index in [9.17, 15) is 18.0 Å². The molecule has 12 heteroatoms. The molecule has 1 aromatic heterocycles. The smallest absolute Gasteiger partial charge is 0.303 e. The Balaban J connectivity index is 1.46. The van der Waals surface area contributed by atoms with Gasteiger partial charge in [0.1, 0.15) is 10.0 Å². The SMILES string of the molecule is CC1CC(C)CN(S(=O)(=O)c2cccc(-c3nn(-c4ccccc4)cc3C=C3SC(=S)N(CCCCCC(=O)O)C3=O)c2)C1. The monoisotopic (exact) mass is 652 g/mol. The highest BCUT2D eigenvalue weighted by Gasteiger charge is 2.33. The topological polar surface area (TPSA) is 113 Å². The summed E-state index contributed by atoms with van der Waals surface area (Å²) in [6, 6.07) is 16.4. The van der Waals surface area contributed by atoms with Crippen molar-refractivity contribution in [1.29, 1.82) is 0 Å². The van der Waals surface area contributed by atoms with Gasteiger partial charge < -0.3 is 5.11 Å². The molecular formula is C32H36N4O5S3. The number of carboxylic acid groups (broad SMARTS) is 1. The standard InChI is InChI=1S/C32H36N4O5S3/c1-22-16-23(2)20-34(19-22)44(40,41)27-13-9-10-24(17-27)30-25(21-36(33-30)26-11-5-3-6-12-26)18-28-31(39)35(32(42)43-28)15-8-4-7-14-29(37)38/h3,5-6,9-13,17-18,21-23H,4,7-8,14-16,19-20H2,1-2H3,(H,37,38). The van der Waals surface area contributed by atoms with Gasteiger partial charge >= 0.3 is 5.97 Å². The van der Waals surface area contributed by atoms with E-state index < -0.39 is 16.0 Å². The van der Waals surface area contributed by atoms with Crippen molar-refractivity contribution in [2.75, 3.05) is 19.6 Å². The summed E-state index contributed by atoms with van der Waals surface area (Å²) in [7, 11) is -3.71. The van der Waals surface area contributed by atoms with Crippen LogP contribution in [-0.4, -0.2) is 68.3 Å². The normalized spacial score (nSPS) is 20.5. The summed E-state index contributed by atoms with van der Waals surface area (Å²) >= 11 is 6.73. The number of unbranched alkanes of at least 4 members (excludes halogenated alkanes) is 2. The summed E-state index contributed by atoms with van der Waals surface area (Å²) in [5.41, 5.74) is 2.65. The van der Waals surface area contributed by atoms with Crippen molar-refractivity contribution in [2.24, 2.45) is 11.8 Å². The number of rotatable bonds is 11. The molecule has 9 nitrogen and oxygen atoms in total. The third kappa shape index (κ3) is 7.31. The molecule has 2 aliphatic rings. The summed E-state index contributed by atoms with van der Waals surface area (Å²) in [4.78, 5) is 26.4. The van der Waals surface area contributed by atoms with E-state index in [1.165, 1.54) is 11.8 Å². The highest BCUT2D eigenvalue weighted by Crippen LogP contribution is 2.36. The number of thiocarbonyl (C=S) groups is 1. The Morgan fingerprint density at radius 1 is 1.07 bits per heavy atom. The highest BCUT2D eigenvalue weighted by atomic mass is 32.2. The van der Waals surface area contributed by atoms with Crippen LogP contribution in [0.1, 0.15) is 51.5 Å². The number of aromatic nitrogens is 2. The van der Waals surface area contributed by atoms with Gasteiger partial charge in [0.2, 0.25) is 10.0 Å². The number of hydrogen-bond donors (Lipinski definition) is 1. The van der Waals surface area contributed by atoms with Crippen LogP contribution in [0.15, 0.2) is 70.6 Å². The van der Waals surface area contributed by atoms with Crippen molar-refractivity contribution in [3.8, 4) is 16.9 Å². The van der Waals surface area contributed by atoms with Gasteiger partial charge in [-0.1, -0.05) is 74.6 Å². The quantitative estimate of drug-likeness (QED) is 0.151. The van der Waals surface area contributed by atoms with Crippen LogP contribution in [0.25, 0.3) is 23.0 Å². The van der Waals surface area contributed by atoms with Gasteiger partial charge in [-0.2, -0.15) is 9.40 Å². The number of benzene rings is 2. The average molecular weight is 653 g/mol. The fraction of sp³-hybridized carbons (Fsp3) is 0.375. The van der Waals surface area contributed by atoms with Crippen LogP contribution in [0.5, 0.6) is 0 Å². The number of thioether (sulfide) groups is 1. The van der Waals surface area contributed by atoms with E-state index >= 15 is 0 Å². The molecule has 0 saturated carbocycles. The lowest BCUT2D eigenvalue weighted by Crippen LogP contribution is -2.42. The zero-order valence-corrected chi connectivity index (χ0v) is 27.2. The van der Waals surface area contributed by atoms with Crippen molar-refractivity contribution in [2.45, 2.75) is 50.8 Å². The van der Waals surface area contributed by atoms with Crippen LogP contribution >= 0.6 is 24.0 Å². The Hall–Kier alpha value is -3.32. The van der Waals surface area contributed by atoms with Gasteiger partial charge in [0.05, 0.1) is 15.5 Å². The van der Waals surface area contributed by atoms with E-state index in [0.29, 0.717) is 64.9 Å². The molecule has 0 radical (unpaired) electrons. The van der Waals surface area contributed by atoms with Gasteiger partial charge in [0.15, 0.2) is 0 Å². The van der Waals surface area contributed by atoms with Crippen LogP contribution in [0.2, 0.25) is 0 Å². The van der Waals surface area contributed by atoms with Crippen molar-refractivity contribution in [1.82, 2.24) is 19.0 Å². The van der Waals surface area contributed by atoms with Crippen molar-refractivity contribution < 1.29 is 23.1 Å². The number of piperidine rings is 1. The van der Waals surface area contributed by atoms with E-state index in [1.54, 1.807) is 38.2 Å². The van der Waals surface area contributed by atoms with Gasteiger partial charge in [-0.15, -0.1) is 0 Å². The maximum absolute atomic E-state index is 13.7. The largest absolute Gasteiger partial charge is 0.481 e. The van der Waals surface area contributed by atoms with Gasteiger partial charge in [-0.3, -0.25) is 14.5 Å². The number of sulfonamides is 1. The van der Waals surface area contributed by atoms with Crippen molar-refractivity contribution in [3.05, 3.63) is 71.3 Å². The van der Waals surface area contributed by atoms with Gasteiger partial charge in [0.25, 0.3) is 5.91 Å². The lowest BCUT2D eigenvalue weighted by atomic mass is 9.94. The number of carboxylic acids is 1. The second-order valence-electron chi connectivity index (χ2n) is 11.5. The number of aliphatic carboxylic acids is 1. The molecule has 232 valence electrons. The average Bonchev–Trinajstić information content (AvgIpc) is 3.53. The molecule has 0 bridgehead atoms. The summed E-state index contributed by atoms with van der Waals surface area (Å²) in [5, 5.41) is 13.7. The molecule has 0 aliphatic carbocycles. The van der Waals surface area contributed by atoms with Gasteiger partial charge in [-0.25, -0.2) is 13.1 Å². The fourth-order valence-corrected chi connectivity index (χ4v) is 8.77. The predicted octanol–water partition coefficient (Wildman–Crippen LogP) is 6.05. The van der Waals surface area contributed by atoms with E-state index in [2.05, 4.69) is 13.8 Å². The first kappa shape index (κ1) is 32.1. The molecule has 1 amide bonds. The first-order valence-electron chi connectivity index (χ1n) is 14.8. The first-order chi connectivity index (χ1) is 21.0. The number of nitrogens with zero attached hydrogens (tertiary/aromatic N) is 4. The van der Waals surface area contributed by atoms with E-state index in [-0.39, 0.29) is 29.1 Å². The van der Waals surface area contributed by atoms with E-state index in [4.69, 9.17) is 22.4 Å². The minimum absolute atomic E-state index is 0.102. The summed E-state index contributed by atoms with van der Waals surface area (Å²) in [6.07, 6.45) is 6.59. The number of carbonyl (C=O) groups is 2. The molecule has 1 N–H and O–H groups in total. The molecule has 2 aromatic carbocycles. The van der Waals surface area contributed by atoms with Crippen LogP contribution in [0, 0.1) is 11.8 Å². The molecular weight excluding hydrogens is 617 g/mol. The van der Waals surface area contributed by atoms with Crippen LogP contribution in [0.4, 0.5) is 0 Å². The molecule has 44 heavy (non-hydrogen) atoms. The van der Waals surface area contributed by atoms with Crippen LogP contribution in [0.3, 0.4) is 0 Å². The van der Waals surface area contributed by atoms with Gasteiger partial charge in [-0.05, 0) is 61.4 Å². The van der Waals surface area contributed by atoms with Gasteiger partial charge in [0, 0.05) is 43.4 Å². The Morgan fingerprint density at radius 2 is 1.80 bits per heavy atom. The zero-order chi connectivity index (χ0) is 31.4. The summed E-state index contributed by atoms with van der Waals surface area (Å²) < 4.78 is 31.2. The predicted molar refractivity (Wildman–Crippen MR) is 177 cm³/mol. The molecule has 5 rings (SSSR count). The fourth-order valence-electron chi connectivity index (χ4n) is 5.74. The Bertz CT molecular complexity index is 1680. The number of carbonyl (C=O) groups excluding carboxylic acids is 1. The second-order valence-corrected chi connectivity index (χ2v) is 15.2. The maximum atomic E-state index is 13.7. The third-order valence-corrected chi connectivity index (χ3v) is 11.0. The Morgan fingerprint density at radius 3 is 2.50 bits per heavy atom. The summed E-state index contributed by atoms with van der Waals surface area (Å²) in [6.45, 7) is 5.57. The Labute approximate surface area is 268 Å². The third-order valence-electron chi connectivity index (χ3n) is 7.78. The molecule has 3 heterocycles. The lowest BCUT2D eigenvalue weighted by molar-refractivity contribution is -0.137. The molecule has 2 saturated heterocycles. The summed E-state index contributed by atoms with van der Waals surface area (Å²) in [5.74, 6) is -0.466. The highest BCUT2D eigenvalue weighted by molar-refractivity contribution is 8.26. The molecule has 2 atom stereocenters. The minimum Gasteiger partial charge on any atom is -0.481 e. The maximum Gasteiger partial charge on any atom is 0.303 e. The Kier molecular flexibility index (Phi) is 10.0.